The maximum Gasteiger partial charge on any atom is 0.349 e. The van der Waals surface area contributed by atoms with Gasteiger partial charge in [0.05, 0.1) is 12.7 Å². The molecule has 2 heterocycles. The summed E-state index contributed by atoms with van der Waals surface area (Å²) in [7, 11) is 0. The van der Waals surface area contributed by atoms with Crippen molar-refractivity contribution in [2.24, 2.45) is 0 Å². The fraction of sp³-hybridized carbons (Fsp3) is 0.556. The van der Waals surface area contributed by atoms with E-state index in [1.165, 1.54) is 12.4 Å². The third kappa shape index (κ3) is 2.25. The molecule has 0 amide bonds. The Bertz CT molecular complexity index is 439. The van der Waals surface area contributed by atoms with Gasteiger partial charge >= 0.3 is 5.69 Å². The Morgan fingerprint density at radius 3 is 3.12 bits per heavy atom. The van der Waals surface area contributed by atoms with E-state index in [1.54, 1.807) is 0 Å². The van der Waals surface area contributed by atoms with Crippen molar-refractivity contribution in [1.82, 2.24) is 9.55 Å². The van der Waals surface area contributed by atoms with Crippen molar-refractivity contribution in [3.8, 4) is 0 Å². The zero-order valence-electron chi connectivity index (χ0n) is 8.22. The molecule has 1 aliphatic heterocycles. The summed E-state index contributed by atoms with van der Waals surface area (Å²) in [6, 6.07) is 0. The molecule has 0 saturated carbocycles. The van der Waals surface area contributed by atoms with E-state index in [4.69, 9.17) is 9.84 Å². The summed E-state index contributed by atoms with van der Waals surface area (Å²) in [4.78, 5) is 15.0. The van der Waals surface area contributed by atoms with Crippen molar-refractivity contribution in [1.29, 1.82) is 0 Å². The molecule has 0 aliphatic carbocycles. The fourth-order valence-corrected chi connectivity index (χ4v) is 2.09. The van der Waals surface area contributed by atoms with Gasteiger partial charge in [-0.1, -0.05) is 0 Å². The van der Waals surface area contributed by atoms with Crippen LogP contribution >= 0.6 is 22.6 Å². The Balaban J connectivity index is 2.31. The van der Waals surface area contributed by atoms with Crippen molar-refractivity contribution in [2.75, 3.05) is 6.61 Å². The molecule has 1 fully saturated rings. The van der Waals surface area contributed by atoms with Gasteiger partial charge in [-0.2, -0.15) is 0 Å². The van der Waals surface area contributed by atoms with E-state index in [0.29, 0.717) is 0 Å². The minimum Gasteiger partial charge on any atom is -0.394 e. The second-order valence-electron chi connectivity index (χ2n) is 3.54. The van der Waals surface area contributed by atoms with Gasteiger partial charge in [0, 0.05) is 22.4 Å². The largest absolute Gasteiger partial charge is 0.394 e. The number of hydrogen-bond donors (Lipinski definition) is 1. The molecule has 0 bridgehead atoms. The molecule has 0 radical (unpaired) electrons. The van der Waals surface area contributed by atoms with Crippen LogP contribution in [0.1, 0.15) is 12.6 Å². The molecule has 5 nitrogen and oxygen atoms in total. The molecule has 1 aromatic rings. The van der Waals surface area contributed by atoms with Crippen molar-refractivity contribution in [2.45, 2.75) is 24.9 Å². The van der Waals surface area contributed by atoms with Crippen LogP contribution in [0.15, 0.2) is 17.2 Å². The van der Waals surface area contributed by atoms with Gasteiger partial charge in [0.2, 0.25) is 0 Å². The molecule has 0 unspecified atom stereocenters. The highest BCUT2D eigenvalue weighted by molar-refractivity contribution is 14.1. The van der Waals surface area contributed by atoms with E-state index in [9.17, 15) is 9.18 Å². The highest BCUT2D eigenvalue weighted by atomic mass is 127. The fourth-order valence-electron chi connectivity index (χ4n) is 1.65. The number of aromatic nitrogens is 2. The van der Waals surface area contributed by atoms with Crippen LogP contribution in [0.2, 0.25) is 0 Å². The van der Waals surface area contributed by atoms with Crippen LogP contribution in [-0.2, 0) is 4.74 Å². The first-order valence-electron chi connectivity index (χ1n) is 4.76. The summed E-state index contributed by atoms with van der Waals surface area (Å²) in [6.45, 7) is -0.247. The van der Waals surface area contributed by atoms with Crippen LogP contribution < -0.4 is 5.69 Å². The molecule has 88 valence electrons. The topological polar surface area (TPSA) is 64.4 Å². The van der Waals surface area contributed by atoms with Crippen molar-refractivity contribution in [3.05, 3.63) is 26.4 Å². The second-order valence-corrected chi connectivity index (χ2v) is 4.79. The molecule has 3 atom stereocenters. The zero-order valence-corrected chi connectivity index (χ0v) is 10.4. The number of aliphatic hydroxyl groups excluding tert-OH is 1. The average molecular weight is 340 g/mol. The first-order valence-corrected chi connectivity index (χ1v) is 5.83. The Morgan fingerprint density at radius 2 is 2.50 bits per heavy atom. The number of rotatable bonds is 2. The lowest BCUT2D eigenvalue weighted by molar-refractivity contribution is -0.0394. The highest BCUT2D eigenvalue weighted by Gasteiger charge is 2.36. The van der Waals surface area contributed by atoms with Crippen LogP contribution in [0.25, 0.3) is 0 Å². The summed E-state index contributed by atoms with van der Waals surface area (Å²) in [5.41, 5.74) is -0.549. The standard InChI is InChI=1S/C9H10FIN2O3/c10-7-1-6(4-14)16-8(7)13-3-5(11)2-12-9(13)15/h2-3,6-8,14H,1,4H2/t6-,7+,8+/m0/s1. The molecule has 1 aromatic heterocycles. The first kappa shape index (κ1) is 11.9. The summed E-state index contributed by atoms with van der Waals surface area (Å²) < 4.78 is 20.7. The van der Waals surface area contributed by atoms with Gasteiger partial charge in [-0.05, 0) is 22.6 Å². The molecule has 2 rings (SSSR count). The lowest BCUT2D eigenvalue weighted by Gasteiger charge is -2.15. The molecule has 0 aromatic carbocycles. The summed E-state index contributed by atoms with van der Waals surface area (Å²) in [5.74, 6) is 0. The third-order valence-corrected chi connectivity index (χ3v) is 2.95. The van der Waals surface area contributed by atoms with Crippen LogP contribution in [0.5, 0.6) is 0 Å². The predicted octanol–water partition coefficient (Wildman–Crippen LogP) is 0.466. The number of alkyl halides is 1. The van der Waals surface area contributed by atoms with Gasteiger partial charge in [-0.15, -0.1) is 0 Å². The van der Waals surface area contributed by atoms with Gasteiger partial charge in [0.1, 0.15) is 6.17 Å². The second kappa shape index (κ2) is 4.76. The van der Waals surface area contributed by atoms with E-state index in [2.05, 4.69) is 4.98 Å². The van der Waals surface area contributed by atoms with Gasteiger partial charge in [0.15, 0.2) is 6.23 Å². The van der Waals surface area contributed by atoms with E-state index in [1.807, 2.05) is 22.6 Å². The Hall–Kier alpha value is -0.540. The molecule has 1 aliphatic rings. The quantitative estimate of drug-likeness (QED) is 0.795. The minimum atomic E-state index is -1.30. The third-order valence-electron chi connectivity index (χ3n) is 2.39. The molecule has 16 heavy (non-hydrogen) atoms. The average Bonchev–Trinajstić information content (AvgIpc) is 2.63. The number of ether oxygens (including phenoxy) is 1. The molecule has 1 saturated heterocycles. The first-order chi connectivity index (χ1) is 7.61. The van der Waals surface area contributed by atoms with E-state index in [0.717, 1.165) is 8.14 Å². The Kier molecular flexibility index (Phi) is 3.55. The molecule has 0 spiro atoms. The molecule has 1 N–H and O–H groups in total. The smallest absolute Gasteiger partial charge is 0.349 e. The maximum atomic E-state index is 13.6. The molecular weight excluding hydrogens is 330 g/mol. The summed E-state index contributed by atoms with van der Waals surface area (Å²) >= 11 is 1.98. The van der Waals surface area contributed by atoms with Crippen LogP contribution in [0, 0.1) is 3.57 Å². The number of nitrogens with zero attached hydrogens (tertiary/aromatic N) is 2. The Labute approximate surface area is 104 Å². The van der Waals surface area contributed by atoms with Crippen molar-refractivity contribution < 1.29 is 14.2 Å². The molecular formula is C9H10FIN2O3. The normalized spacial score (nSPS) is 29.6. The lowest BCUT2D eigenvalue weighted by atomic mass is 10.2. The number of hydrogen-bond acceptors (Lipinski definition) is 4. The van der Waals surface area contributed by atoms with Gasteiger partial charge in [-0.3, -0.25) is 4.57 Å². The van der Waals surface area contributed by atoms with E-state index in [-0.39, 0.29) is 13.0 Å². The van der Waals surface area contributed by atoms with E-state index < -0.39 is 24.2 Å². The number of aliphatic hydroxyl groups is 1. The highest BCUT2D eigenvalue weighted by Crippen LogP contribution is 2.30. The Morgan fingerprint density at radius 1 is 1.75 bits per heavy atom. The summed E-state index contributed by atoms with van der Waals surface area (Å²) in [5, 5.41) is 8.88. The van der Waals surface area contributed by atoms with Crippen LogP contribution in [0.4, 0.5) is 4.39 Å². The van der Waals surface area contributed by atoms with Crippen molar-refractivity contribution in [3.63, 3.8) is 0 Å². The van der Waals surface area contributed by atoms with Gasteiger partial charge in [-0.25, -0.2) is 14.2 Å². The zero-order chi connectivity index (χ0) is 11.7. The maximum absolute atomic E-state index is 13.6. The predicted molar refractivity (Wildman–Crippen MR) is 61.7 cm³/mol. The molecule has 7 heteroatoms. The minimum absolute atomic E-state index is 0.0963. The monoisotopic (exact) mass is 340 g/mol. The van der Waals surface area contributed by atoms with Crippen LogP contribution in [0.3, 0.4) is 0 Å². The number of halogens is 2. The van der Waals surface area contributed by atoms with Gasteiger partial charge < -0.3 is 9.84 Å². The van der Waals surface area contributed by atoms with Crippen LogP contribution in [-0.4, -0.2) is 33.5 Å². The van der Waals surface area contributed by atoms with Crippen molar-refractivity contribution >= 4 is 22.6 Å². The van der Waals surface area contributed by atoms with E-state index >= 15 is 0 Å². The SMILES string of the molecule is O=c1ncc(I)cn1[C@@H]1O[C@H](CO)C[C@H]1F. The lowest BCUT2D eigenvalue weighted by Crippen LogP contribution is -2.30. The summed E-state index contributed by atoms with van der Waals surface area (Å²) in [6.07, 6.45) is 0.170. The van der Waals surface area contributed by atoms with Gasteiger partial charge in [0.25, 0.3) is 0 Å².